The lowest BCUT2D eigenvalue weighted by Gasteiger charge is -2.23. The van der Waals surface area contributed by atoms with Crippen molar-refractivity contribution in [1.82, 2.24) is 14.7 Å². The van der Waals surface area contributed by atoms with E-state index < -0.39 is 0 Å². The first-order valence-electron chi connectivity index (χ1n) is 8.48. The summed E-state index contributed by atoms with van der Waals surface area (Å²) in [6.07, 6.45) is 3.74. The average molecular weight is 331 g/mol. The van der Waals surface area contributed by atoms with E-state index in [0.29, 0.717) is 0 Å². The molecule has 0 amide bonds. The van der Waals surface area contributed by atoms with Crippen molar-refractivity contribution in [3.8, 4) is 5.69 Å². The fourth-order valence-corrected chi connectivity index (χ4v) is 3.03. The van der Waals surface area contributed by atoms with E-state index in [1.807, 2.05) is 35.1 Å². The van der Waals surface area contributed by atoms with E-state index in [1.165, 1.54) is 5.56 Å². The van der Waals surface area contributed by atoms with Gasteiger partial charge in [-0.05, 0) is 49.9 Å². The van der Waals surface area contributed by atoms with E-state index in [9.17, 15) is 0 Å². The third kappa shape index (κ3) is 3.21. The standard InChI is InChI=1S/C21H21N3O/c1-16(21-14-18-6-3-4-7-20(18)25-21)23(2)15-17-8-10-19(11-9-17)24-13-5-12-22-24/h3-14,16H,15H2,1-2H3. The maximum atomic E-state index is 6.00. The quantitative estimate of drug-likeness (QED) is 0.526. The molecule has 0 aliphatic heterocycles. The molecule has 4 nitrogen and oxygen atoms in total. The molecule has 2 aromatic heterocycles. The predicted molar refractivity (Wildman–Crippen MR) is 99.7 cm³/mol. The molecule has 0 bridgehead atoms. The summed E-state index contributed by atoms with van der Waals surface area (Å²) in [6, 6.07) is 20.9. The van der Waals surface area contributed by atoms with Gasteiger partial charge in [-0.15, -0.1) is 0 Å². The SMILES string of the molecule is CC(c1cc2ccccc2o1)N(C)Cc1ccc(-n2cccn2)cc1. The van der Waals surface area contributed by atoms with Crippen molar-refractivity contribution in [3.63, 3.8) is 0 Å². The van der Waals surface area contributed by atoms with Gasteiger partial charge in [0.1, 0.15) is 11.3 Å². The minimum absolute atomic E-state index is 0.207. The Bertz CT molecular complexity index is 921. The third-order valence-electron chi connectivity index (χ3n) is 4.65. The van der Waals surface area contributed by atoms with Gasteiger partial charge in [-0.1, -0.05) is 30.3 Å². The number of aromatic nitrogens is 2. The van der Waals surface area contributed by atoms with Gasteiger partial charge in [-0.2, -0.15) is 5.10 Å². The molecule has 0 saturated carbocycles. The first-order valence-corrected chi connectivity index (χ1v) is 8.48. The summed E-state index contributed by atoms with van der Waals surface area (Å²) in [6.45, 7) is 3.04. The Balaban J connectivity index is 1.48. The molecule has 0 aliphatic carbocycles. The number of para-hydroxylation sites is 1. The Morgan fingerprint density at radius 2 is 1.88 bits per heavy atom. The highest BCUT2D eigenvalue weighted by Crippen LogP contribution is 2.27. The van der Waals surface area contributed by atoms with Crippen LogP contribution in [-0.4, -0.2) is 21.7 Å². The Morgan fingerprint density at radius 1 is 1.08 bits per heavy atom. The zero-order valence-electron chi connectivity index (χ0n) is 14.5. The lowest BCUT2D eigenvalue weighted by Crippen LogP contribution is -2.21. The number of fused-ring (bicyclic) bond motifs is 1. The summed E-state index contributed by atoms with van der Waals surface area (Å²) >= 11 is 0. The molecule has 4 aromatic rings. The van der Waals surface area contributed by atoms with Crippen molar-refractivity contribution in [3.05, 3.63) is 84.4 Å². The van der Waals surface area contributed by atoms with Crippen LogP contribution in [0.5, 0.6) is 0 Å². The van der Waals surface area contributed by atoms with Gasteiger partial charge in [0, 0.05) is 24.3 Å². The van der Waals surface area contributed by atoms with Gasteiger partial charge in [0.25, 0.3) is 0 Å². The average Bonchev–Trinajstić information content (AvgIpc) is 3.31. The first kappa shape index (κ1) is 15.7. The van der Waals surface area contributed by atoms with Crippen LogP contribution in [0.2, 0.25) is 0 Å². The highest BCUT2D eigenvalue weighted by molar-refractivity contribution is 5.77. The molecule has 4 rings (SSSR count). The lowest BCUT2D eigenvalue weighted by atomic mass is 10.1. The zero-order valence-corrected chi connectivity index (χ0v) is 14.5. The topological polar surface area (TPSA) is 34.2 Å². The molecule has 0 fully saturated rings. The fourth-order valence-electron chi connectivity index (χ4n) is 3.03. The normalized spacial score (nSPS) is 12.8. The van der Waals surface area contributed by atoms with E-state index >= 15 is 0 Å². The van der Waals surface area contributed by atoms with Gasteiger partial charge in [0.05, 0.1) is 11.7 Å². The van der Waals surface area contributed by atoms with E-state index in [1.54, 1.807) is 6.20 Å². The molecule has 25 heavy (non-hydrogen) atoms. The van der Waals surface area contributed by atoms with Gasteiger partial charge < -0.3 is 4.42 Å². The third-order valence-corrected chi connectivity index (χ3v) is 4.65. The van der Waals surface area contributed by atoms with Gasteiger partial charge >= 0.3 is 0 Å². The van der Waals surface area contributed by atoms with Crippen molar-refractivity contribution in [2.24, 2.45) is 0 Å². The molecular weight excluding hydrogens is 310 g/mol. The van der Waals surface area contributed by atoms with Gasteiger partial charge in [-0.3, -0.25) is 4.90 Å². The Morgan fingerprint density at radius 3 is 2.60 bits per heavy atom. The number of rotatable bonds is 5. The Labute approximate surface area is 147 Å². The number of hydrogen-bond donors (Lipinski definition) is 0. The molecule has 4 heteroatoms. The molecule has 1 atom stereocenters. The summed E-state index contributed by atoms with van der Waals surface area (Å²) in [5.74, 6) is 0.997. The predicted octanol–water partition coefficient (Wildman–Crippen LogP) is 4.81. The van der Waals surface area contributed by atoms with E-state index in [4.69, 9.17) is 4.42 Å². The molecule has 0 aliphatic rings. The summed E-state index contributed by atoms with van der Waals surface area (Å²) in [5.41, 5.74) is 3.28. The summed E-state index contributed by atoms with van der Waals surface area (Å²) in [7, 11) is 2.12. The van der Waals surface area contributed by atoms with Crippen molar-refractivity contribution in [2.45, 2.75) is 19.5 Å². The highest BCUT2D eigenvalue weighted by atomic mass is 16.3. The number of hydrogen-bond acceptors (Lipinski definition) is 3. The maximum Gasteiger partial charge on any atom is 0.134 e. The molecule has 2 heterocycles. The van der Waals surface area contributed by atoms with Crippen LogP contribution in [0.15, 0.2) is 77.5 Å². The molecule has 126 valence electrons. The highest BCUT2D eigenvalue weighted by Gasteiger charge is 2.16. The molecular formula is C21H21N3O. The monoisotopic (exact) mass is 331 g/mol. The van der Waals surface area contributed by atoms with Crippen molar-refractivity contribution >= 4 is 11.0 Å². The first-order chi connectivity index (χ1) is 12.2. The minimum atomic E-state index is 0.207. The summed E-state index contributed by atoms with van der Waals surface area (Å²) in [5, 5.41) is 5.41. The van der Waals surface area contributed by atoms with Crippen LogP contribution in [0.4, 0.5) is 0 Å². The van der Waals surface area contributed by atoms with E-state index in [2.05, 4.69) is 60.4 Å². The molecule has 0 N–H and O–H groups in total. The van der Waals surface area contributed by atoms with Crippen LogP contribution in [-0.2, 0) is 6.54 Å². The van der Waals surface area contributed by atoms with Gasteiger partial charge in [0.2, 0.25) is 0 Å². The van der Waals surface area contributed by atoms with E-state index in [0.717, 1.165) is 29.0 Å². The maximum absolute atomic E-state index is 6.00. The second kappa shape index (κ2) is 6.57. The minimum Gasteiger partial charge on any atom is -0.459 e. The van der Waals surface area contributed by atoms with Crippen LogP contribution in [0.3, 0.4) is 0 Å². The van der Waals surface area contributed by atoms with Crippen LogP contribution < -0.4 is 0 Å². The summed E-state index contributed by atoms with van der Waals surface area (Å²) < 4.78 is 7.87. The van der Waals surface area contributed by atoms with Gasteiger partial charge in [0.15, 0.2) is 0 Å². The largest absolute Gasteiger partial charge is 0.459 e. The molecule has 0 spiro atoms. The van der Waals surface area contributed by atoms with Crippen LogP contribution in [0.25, 0.3) is 16.7 Å². The number of nitrogens with zero attached hydrogens (tertiary/aromatic N) is 3. The Kier molecular flexibility index (Phi) is 4.12. The smallest absolute Gasteiger partial charge is 0.134 e. The van der Waals surface area contributed by atoms with Crippen LogP contribution >= 0.6 is 0 Å². The Hall–Kier alpha value is -2.85. The van der Waals surface area contributed by atoms with Crippen molar-refractivity contribution < 1.29 is 4.42 Å². The second-order valence-electron chi connectivity index (χ2n) is 6.39. The lowest BCUT2D eigenvalue weighted by molar-refractivity contribution is 0.226. The molecule has 1 unspecified atom stereocenters. The fraction of sp³-hybridized carbons (Fsp3) is 0.190. The molecule has 0 radical (unpaired) electrons. The molecule has 2 aromatic carbocycles. The number of furan rings is 1. The zero-order chi connectivity index (χ0) is 17.2. The van der Waals surface area contributed by atoms with Crippen molar-refractivity contribution in [2.75, 3.05) is 7.05 Å². The van der Waals surface area contributed by atoms with Crippen LogP contribution in [0, 0.1) is 0 Å². The van der Waals surface area contributed by atoms with E-state index in [-0.39, 0.29) is 6.04 Å². The van der Waals surface area contributed by atoms with Gasteiger partial charge in [-0.25, -0.2) is 4.68 Å². The summed E-state index contributed by atoms with van der Waals surface area (Å²) in [4.78, 5) is 2.29. The second-order valence-corrected chi connectivity index (χ2v) is 6.39. The van der Waals surface area contributed by atoms with Crippen LogP contribution in [0.1, 0.15) is 24.3 Å². The molecule has 0 saturated heterocycles. The van der Waals surface area contributed by atoms with Crippen molar-refractivity contribution in [1.29, 1.82) is 0 Å². The number of benzene rings is 2.